The van der Waals surface area contributed by atoms with Crippen LogP contribution in [0.15, 0.2) is 66.7 Å². The molecule has 1 saturated carbocycles. The number of phosphoric acid groups is 1. The van der Waals surface area contributed by atoms with Crippen LogP contribution >= 0.6 is 7.82 Å². The highest BCUT2D eigenvalue weighted by Crippen LogP contribution is 2.49. The van der Waals surface area contributed by atoms with Gasteiger partial charge in [0.25, 0.3) is 0 Å². The summed E-state index contributed by atoms with van der Waals surface area (Å²) in [6, 6.07) is 24.5. The number of piperazine rings is 1. The Labute approximate surface area is 327 Å². The van der Waals surface area contributed by atoms with Crippen molar-refractivity contribution in [3.63, 3.8) is 0 Å². The normalized spacial score (nSPS) is 20.1. The quantitative estimate of drug-likeness (QED) is 0.133. The van der Waals surface area contributed by atoms with Crippen LogP contribution in [-0.2, 0) is 37.9 Å². The van der Waals surface area contributed by atoms with Gasteiger partial charge in [-0.15, -0.1) is 0 Å². The first kappa shape index (κ1) is 38.0. The zero-order valence-corrected chi connectivity index (χ0v) is 32.8. The van der Waals surface area contributed by atoms with Crippen LogP contribution in [0, 0.1) is 11.3 Å². The second kappa shape index (κ2) is 16.7. The van der Waals surface area contributed by atoms with E-state index in [4.69, 9.17) is 33.0 Å². The zero-order chi connectivity index (χ0) is 38.6. The fourth-order valence-electron chi connectivity index (χ4n) is 8.24. The van der Waals surface area contributed by atoms with Gasteiger partial charge in [-0.2, -0.15) is 15.2 Å². The molecule has 4 aromatic rings. The van der Waals surface area contributed by atoms with E-state index in [2.05, 4.69) is 26.8 Å². The predicted octanol–water partition coefficient (Wildman–Crippen LogP) is 6.72. The summed E-state index contributed by atoms with van der Waals surface area (Å²) >= 11 is 0. The van der Waals surface area contributed by atoms with Gasteiger partial charge in [0.15, 0.2) is 0 Å². The van der Waals surface area contributed by atoms with Crippen molar-refractivity contribution >= 4 is 36.2 Å². The van der Waals surface area contributed by atoms with E-state index in [-0.39, 0.29) is 19.1 Å². The Hall–Kier alpha value is -4.93. The van der Waals surface area contributed by atoms with Gasteiger partial charge in [0.1, 0.15) is 24.8 Å². The molecule has 1 aliphatic carbocycles. The third-order valence-corrected chi connectivity index (χ3v) is 12.6. The number of anilines is 2. The minimum absolute atomic E-state index is 0.157. The first-order valence-corrected chi connectivity index (χ1v) is 20.9. The van der Waals surface area contributed by atoms with Gasteiger partial charge in [-0.05, 0) is 55.7 Å². The van der Waals surface area contributed by atoms with Crippen molar-refractivity contribution in [1.29, 1.82) is 5.26 Å². The van der Waals surface area contributed by atoms with Gasteiger partial charge < -0.3 is 28.7 Å². The van der Waals surface area contributed by atoms with E-state index in [1.54, 1.807) is 4.90 Å². The molecule has 4 aliphatic rings. The Kier molecular flexibility index (Phi) is 11.3. The summed E-state index contributed by atoms with van der Waals surface area (Å²) in [4.78, 5) is 32.2. The van der Waals surface area contributed by atoms with Crippen molar-refractivity contribution in [3.05, 3.63) is 83.6 Å². The molecule has 2 atom stereocenters. The first-order chi connectivity index (χ1) is 27.3. The van der Waals surface area contributed by atoms with Crippen LogP contribution in [-0.4, -0.2) is 97.5 Å². The minimum atomic E-state index is -3.80. The lowest BCUT2D eigenvalue weighted by molar-refractivity contribution is 0.0767. The van der Waals surface area contributed by atoms with Gasteiger partial charge in [0, 0.05) is 75.2 Å². The number of hydrogen-bond donors (Lipinski definition) is 0. The van der Waals surface area contributed by atoms with Crippen LogP contribution in [0.3, 0.4) is 0 Å². The minimum Gasteiger partial charge on any atom is -0.462 e. The number of fused-ring (bicyclic) bond motifs is 2. The van der Waals surface area contributed by atoms with E-state index in [0.29, 0.717) is 69.6 Å². The Balaban J connectivity index is 1.08. The Morgan fingerprint density at radius 3 is 2.52 bits per heavy atom. The van der Waals surface area contributed by atoms with E-state index in [0.717, 1.165) is 58.5 Å². The molecule has 4 heterocycles. The summed E-state index contributed by atoms with van der Waals surface area (Å²) in [7, 11) is -1.22. The third-order valence-electron chi connectivity index (χ3n) is 11.2. The van der Waals surface area contributed by atoms with Crippen LogP contribution in [0.5, 0.6) is 11.8 Å². The molecule has 2 saturated heterocycles. The molecule has 0 spiro atoms. The first-order valence-electron chi connectivity index (χ1n) is 19.4. The van der Waals surface area contributed by atoms with Crippen LogP contribution in [0.25, 0.3) is 10.8 Å². The number of carbonyl (C=O) groups excluding carboxylic acids is 1. The van der Waals surface area contributed by atoms with Gasteiger partial charge in [-0.1, -0.05) is 54.6 Å². The Morgan fingerprint density at radius 2 is 1.73 bits per heavy atom. The second-order valence-corrected chi connectivity index (χ2v) is 16.6. The summed E-state index contributed by atoms with van der Waals surface area (Å²) in [5.41, 5.74) is 3.66. The lowest BCUT2D eigenvalue weighted by atomic mass is 10.0. The summed E-state index contributed by atoms with van der Waals surface area (Å²) in [6.07, 6.45) is 5.11. The number of ether oxygens (including phenoxy) is 2. The van der Waals surface area contributed by atoms with Crippen LogP contribution in [0.2, 0.25) is 0 Å². The van der Waals surface area contributed by atoms with Crippen molar-refractivity contribution in [2.75, 3.05) is 63.4 Å². The van der Waals surface area contributed by atoms with E-state index >= 15 is 0 Å². The molecule has 3 aliphatic heterocycles. The molecule has 56 heavy (non-hydrogen) atoms. The number of aromatic nitrogens is 2. The molecule has 14 nitrogen and oxygen atoms in total. The number of nitriles is 1. The predicted molar refractivity (Wildman–Crippen MR) is 211 cm³/mol. The maximum absolute atomic E-state index is 13.4. The van der Waals surface area contributed by atoms with Crippen molar-refractivity contribution in [1.82, 2.24) is 19.8 Å². The maximum atomic E-state index is 13.4. The van der Waals surface area contributed by atoms with E-state index < -0.39 is 13.9 Å². The number of amides is 1. The van der Waals surface area contributed by atoms with Crippen LogP contribution in [0.1, 0.15) is 48.9 Å². The fourth-order valence-corrected chi connectivity index (χ4v) is 8.90. The molecule has 0 N–H and O–H groups in total. The number of benzene rings is 3. The van der Waals surface area contributed by atoms with E-state index in [1.165, 1.54) is 27.1 Å². The molecule has 1 amide bonds. The maximum Gasteiger partial charge on any atom is 0.529 e. The average Bonchev–Trinajstić information content (AvgIpc) is 3.97. The Morgan fingerprint density at radius 1 is 0.929 bits per heavy atom. The summed E-state index contributed by atoms with van der Waals surface area (Å²) in [5, 5.41) is 11.8. The van der Waals surface area contributed by atoms with Gasteiger partial charge in [-0.3, -0.25) is 13.9 Å². The number of hydrogen-bond acceptors (Lipinski definition) is 13. The highest BCUT2D eigenvalue weighted by molar-refractivity contribution is 7.48. The summed E-state index contributed by atoms with van der Waals surface area (Å²) in [5.74, 6) is 1.14. The molecule has 8 rings (SSSR count). The van der Waals surface area contributed by atoms with Crippen molar-refractivity contribution in [3.8, 4) is 17.8 Å². The number of phosphoric ester groups is 1. The lowest BCUT2D eigenvalue weighted by Crippen LogP contribution is -2.55. The molecule has 0 radical (unpaired) electrons. The summed E-state index contributed by atoms with van der Waals surface area (Å²) in [6.45, 7) is 4.20. The number of carbonyl (C=O) groups is 1. The van der Waals surface area contributed by atoms with Crippen molar-refractivity contribution in [2.24, 2.45) is 0 Å². The largest absolute Gasteiger partial charge is 0.529 e. The molecular weight excluding hydrogens is 733 g/mol. The highest BCUT2D eigenvalue weighted by atomic mass is 31.2. The van der Waals surface area contributed by atoms with Crippen LogP contribution in [0.4, 0.5) is 16.3 Å². The molecular formula is C41H48N7O7P. The molecule has 0 bridgehead atoms. The van der Waals surface area contributed by atoms with Crippen molar-refractivity contribution in [2.45, 2.75) is 69.8 Å². The fraction of sp³-hybridized carbons (Fsp3) is 0.463. The summed E-state index contributed by atoms with van der Waals surface area (Å²) < 4.78 is 41.2. The Bertz CT molecular complexity index is 2120. The monoisotopic (exact) mass is 781 g/mol. The molecule has 0 unspecified atom stereocenters. The van der Waals surface area contributed by atoms with Crippen molar-refractivity contribution < 1.29 is 32.4 Å². The number of rotatable bonds is 13. The molecule has 3 fully saturated rings. The smallest absolute Gasteiger partial charge is 0.462 e. The third kappa shape index (κ3) is 8.27. The highest BCUT2D eigenvalue weighted by Gasteiger charge is 2.38. The molecule has 15 heteroatoms. The topological polar surface area (TPSA) is 143 Å². The number of likely N-dealkylation sites (tertiary alicyclic amines) is 1. The van der Waals surface area contributed by atoms with Gasteiger partial charge >= 0.3 is 19.9 Å². The number of nitrogens with zero attached hydrogens (tertiary/aromatic N) is 7. The lowest BCUT2D eigenvalue weighted by Gasteiger charge is -2.42. The second-order valence-electron chi connectivity index (χ2n) is 14.8. The zero-order valence-electron chi connectivity index (χ0n) is 31.9. The van der Waals surface area contributed by atoms with Gasteiger partial charge in [-0.25, -0.2) is 9.36 Å². The molecule has 294 valence electrons. The molecule has 3 aromatic carbocycles. The average molecular weight is 782 g/mol. The van der Waals surface area contributed by atoms with Gasteiger partial charge in [0.2, 0.25) is 0 Å². The van der Waals surface area contributed by atoms with Gasteiger partial charge in [0.05, 0.1) is 30.8 Å². The standard InChI is InChI=1S/C41H48N7O7P/c1-51-56(50,52-2)55-34-23-30-11-6-7-13-35(30)38(24-34)45-20-17-36-37(26-45)43-40(53-28-33-12-8-19-47(33)31-14-15-31)44-39(36)46-21-22-48(32(25-46)16-18-42)41(49)54-27-29-9-4-3-5-10-29/h3-7,9-11,13,23-24,31-33H,8,12,14-17,19-22,25-28H2,1-2H3/t32-,33-/m0/s1. The van der Waals surface area contributed by atoms with Crippen LogP contribution < -0.4 is 19.1 Å². The van der Waals surface area contributed by atoms with E-state index in [1.807, 2.05) is 60.7 Å². The SMILES string of the molecule is COP(=O)(OC)Oc1cc(N2CCc3c(nc(OC[C@@H]4CCCN4C4CC4)nc3N3CCN(C(=O)OCc4ccccc4)[C@@H](CC#N)C3)C2)c2ccccc2c1. The molecule has 1 aromatic heterocycles. The van der Waals surface area contributed by atoms with E-state index in [9.17, 15) is 14.6 Å².